The molecule has 0 spiro atoms. The van der Waals surface area contributed by atoms with E-state index in [0.717, 1.165) is 10.6 Å². The fraction of sp³-hybridized carbons (Fsp3) is 0.222. The van der Waals surface area contributed by atoms with Crippen LogP contribution in [-0.2, 0) is 9.59 Å². The van der Waals surface area contributed by atoms with Crippen molar-refractivity contribution >= 4 is 40.6 Å². The van der Waals surface area contributed by atoms with E-state index in [-0.39, 0.29) is 29.7 Å². The fourth-order valence-corrected chi connectivity index (χ4v) is 3.71. The molecular formula is C18H17N3O5S. The molecule has 1 aliphatic rings. The predicted molar refractivity (Wildman–Crippen MR) is 102 cm³/mol. The number of hydrogen-bond acceptors (Lipinski definition) is 6. The molecule has 1 aliphatic heterocycles. The molecule has 0 unspecified atom stereocenters. The largest absolute Gasteiger partial charge is 0.491 e. The lowest BCUT2D eigenvalue weighted by molar-refractivity contribution is -0.384. The minimum absolute atomic E-state index is 0.0343. The molecule has 9 heteroatoms. The van der Waals surface area contributed by atoms with Crippen LogP contribution in [0.25, 0.3) is 0 Å². The first-order chi connectivity index (χ1) is 13.0. The highest BCUT2D eigenvalue weighted by Crippen LogP contribution is 2.37. The van der Waals surface area contributed by atoms with Gasteiger partial charge in [0.2, 0.25) is 11.8 Å². The summed E-state index contributed by atoms with van der Waals surface area (Å²) in [7, 11) is 0. The zero-order valence-corrected chi connectivity index (χ0v) is 15.2. The maximum Gasteiger partial charge on any atom is 0.273 e. The lowest BCUT2D eigenvalue weighted by Gasteiger charge is -2.23. The van der Waals surface area contributed by atoms with Gasteiger partial charge >= 0.3 is 0 Å². The third-order valence-electron chi connectivity index (χ3n) is 3.83. The third-order valence-corrected chi connectivity index (χ3v) is 5.10. The van der Waals surface area contributed by atoms with E-state index in [9.17, 15) is 19.7 Å². The number of nitrogens with one attached hydrogen (secondary N) is 2. The Balaban J connectivity index is 1.71. The van der Waals surface area contributed by atoms with E-state index in [1.165, 1.54) is 30.0 Å². The molecule has 2 aromatic carbocycles. The SMILES string of the molecule is CCOc1cc([N+](=O)[O-])ccc1NC(=O)C[C@H]1Sc2ccccc2NC1=O. The second-order valence-electron chi connectivity index (χ2n) is 5.71. The summed E-state index contributed by atoms with van der Waals surface area (Å²) in [5, 5.41) is 15.8. The second kappa shape index (κ2) is 8.09. The number of ether oxygens (including phenoxy) is 1. The molecule has 27 heavy (non-hydrogen) atoms. The van der Waals surface area contributed by atoms with Crippen LogP contribution in [-0.4, -0.2) is 28.6 Å². The highest BCUT2D eigenvalue weighted by molar-refractivity contribution is 8.01. The lowest BCUT2D eigenvalue weighted by atomic mass is 10.2. The molecule has 2 N–H and O–H groups in total. The maximum absolute atomic E-state index is 12.4. The number of non-ortho nitro benzene ring substituents is 1. The summed E-state index contributed by atoms with van der Waals surface area (Å²) in [6.45, 7) is 2.03. The topological polar surface area (TPSA) is 111 Å². The van der Waals surface area contributed by atoms with Gasteiger partial charge in [-0.15, -0.1) is 11.8 Å². The summed E-state index contributed by atoms with van der Waals surface area (Å²) in [5.74, 6) is -0.398. The zero-order chi connectivity index (χ0) is 19.4. The number of carbonyl (C=O) groups excluding carboxylic acids is 2. The van der Waals surface area contributed by atoms with Crippen LogP contribution >= 0.6 is 11.8 Å². The first-order valence-electron chi connectivity index (χ1n) is 8.25. The summed E-state index contributed by atoms with van der Waals surface area (Å²) < 4.78 is 5.38. The van der Waals surface area contributed by atoms with Crippen LogP contribution in [0.15, 0.2) is 47.4 Å². The van der Waals surface area contributed by atoms with Gasteiger partial charge in [0.15, 0.2) is 0 Å². The van der Waals surface area contributed by atoms with E-state index in [1.54, 1.807) is 6.92 Å². The Labute approximate surface area is 159 Å². The molecule has 3 rings (SSSR count). The number of nitro groups is 1. The molecule has 0 bridgehead atoms. The van der Waals surface area contributed by atoms with Gasteiger partial charge in [-0.2, -0.15) is 0 Å². The normalized spacial score (nSPS) is 15.4. The van der Waals surface area contributed by atoms with Gasteiger partial charge in [-0.3, -0.25) is 19.7 Å². The smallest absolute Gasteiger partial charge is 0.273 e. The molecular weight excluding hydrogens is 370 g/mol. The van der Waals surface area contributed by atoms with Crippen LogP contribution < -0.4 is 15.4 Å². The molecule has 8 nitrogen and oxygen atoms in total. The average Bonchev–Trinajstić information content (AvgIpc) is 2.63. The van der Waals surface area contributed by atoms with Crippen LogP contribution in [0, 0.1) is 10.1 Å². The molecule has 2 aromatic rings. The highest BCUT2D eigenvalue weighted by atomic mass is 32.2. The third kappa shape index (κ3) is 4.37. The second-order valence-corrected chi connectivity index (χ2v) is 6.96. The van der Waals surface area contributed by atoms with Gasteiger partial charge in [0.1, 0.15) is 5.75 Å². The highest BCUT2D eigenvalue weighted by Gasteiger charge is 2.29. The summed E-state index contributed by atoms with van der Waals surface area (Å²) >= 11 is 1.33. The zero-order valence-electron chi connectivity index (χ0n) is 14.4. The van der Waals surface area contributed by atoms with Crippen molar-refractivity contribution in [3.05, 3.63) is 52.6 Å². The average molecular weight is 387 g/mol. The summed E-state index contributed by atoms with van der Waals surface area (Å²) in [6, 6.07) is 11.4. The van der Waals surface area contributed by atoms with Crippen molar-refractivity contribution in [2.24, 2.45) is 0 Å². The van der Waals surface area contributed by atoms with Crippen molar-refractivity contribution in [1.29, 1.82) is 0 Å². The fourth-order valence-electron chi connectivity index (χ4n) is 2.60. The minimum atomic E-state index is -0.562. The number of benzene rings is 2. The number of thioether (sulfide) groups is 1. The molecule has 0 fully saturated rings. The molecule has 1 atom stereocenters. The van der Waals surface area contributed by atoms with Crippen LogP contribution in [0.1, 0.15) is 13.3 Å². The van der Waals surface area contributed by atoms with Crippen molar-refractivity contribution in [2.75, 3.05) is 17.2 Å². The van der Waals surface area contributed by atoms with Crippen molar-refractivity contribution in [3.8, 4) is 5.75 Å². The van der Waals surface area contributed by atoms with E-state index in [1.807, 2.05) is 24.3 Å². The predicted octanol–water partition coefficient (Wildman–Crippen LogP) is 3.44. The van der Waals surface area contributed by atoms with Gasteiger partial charge in [-0.05, 0) is 25.1 Å². The number of nitrogens with zero attached hydrogens (tertiary/aromatic N) is 1. The Hall–Kier alpha value is -3.07. The number of fused-ring (bicyclic) bond motifs is 1. The van der Waals surface area contributed by atoms with Crippen LogP contribution in [0.3, 0.4) is 0 Å². The number of para-hydroxylation sites is 1. The Morgan fingerprint density at radius 2 is 2.11 bits per heavy atom. The number of anilines is 2. The lowest BCUT2D eigenvalue weighted by Crippen LogP contribution is -2.32. The molecule has 0 radical (unpaired) electrons. The Morgan fingerprint density at radius 3 is 2.85 bits per heavy atom. The van der Waals surface area contributed by atoms with Gasteiger partial charge in [0, 0.05) is 17.4 Å². The first kappa shape index (κ1) is 18.7. The van der Waals surface area contributed by atoms with E-state index >= 15 is 0 Å². The summed E-state index contributed by atoms with van der Waals surface area (Å²) in [4.78, 5) is 35.9. The van der Waals surface area contributed by atoms with E-state index in [4.69, 9.17) is 4.74 Å². The first-order valence-corrected chi connectivity index (χ1v) is 9.13. The molecule has 140 valence electrons. The number of rotatable bonds is 6. The van der Waals surface area contributed by atoms with Crippen molar-refractivity contribution in [3.63, 3.8) is 0 Å². The Bertz CT molecular complexity index is 902. The van der Waals surface area contributed by atoms with Crippen LogP contribution in [0.2, 0.25) is 0 Å². The number of amides is 2. The van der Waals surface area contributed by atoms with Gasteiger partial charge < -0.3 is 15.4 Å². The summed E-state index contributed by atoms with van der Waals surface area (Å²) in [6.07, 6.45) is -0.0343. The number of nitro benzene ring substituents is 1. The van der Waals surface area contributed by atoms with Crippen LogP contribution in [0.4, 0.5) is 17.1 Å². The van der Waals surface area contributed by atoms with E-state index < -0.39 is 10.2 Å². The molecule has 1 heterocycles. The van der Waals surface area contributed by atoms with Crippen molar-refractivity contribution < 1.29 is 19.2 Å². The molecule has 0 aliphatic carbocycles. The molecule has 2 amide bonds. The Kier molecular flexibility index (Phi) is 5.60. The van der Waals surface area contributed by atoms with Crippen molar-refractivity contribution in [2.45, 2.75) is 23.5 Å². The quantitative estimate of drug-likeness (QED) is 0.580. The van der Waals surface area contributed by atoms with Gasteiger partial charge in [0.05, 0.1) is 34.2 Å². The van der Waals surface area contributed by atoms with Crippen LogP contribution in [0.5, 0.6) is 5.75 Å². The minimum Gasteiger partial charge on any atom is -0.491 e. The Morgan fingerprint density at radius 1 is 1.33 bits per heavy atom. The standard InChI is InChI=1S/C18H17N3O5S/c1-2-26-14-9-11(21(24)25)7-8-12(14)19-17(22)10-16-18(23)20-13-5-3-4-6-15(13)27-16/h3-9,16H,2,10H2,1H3,(H,19,22)(H,20,23)/t16-/m1/s1. The summed E-state index contributed by atoms with van der Waals surface area (Å²) in [5.41, 5.74) is 0.933. The number of hydrogen-bond donors (Lipinski definition) is 2. The number of carbonyl (C=O) groups is 2. The van der Waals surface area contributed by atoms with E-state index in [0.29, 0.717) is 12.3 Å². The maximum atomic E-state index is 12.4. The van der Waals surface area contributed by atoms with Gasteiger partial charge in [-0.1, -0.05) is 12.1 Å². The van der Waals surface area contributed by atoms with Gasteiger partial charge in [-0.25, -0.2) is 0 Å². The monoisotopic (exact) mass is 387 g/mol. The van der Waals surface area contributed by atoms with Crippen molar-refractivity contribution in [1.82, 2.24) is 0 Å². The molecule has 0 aromatic heterocycles. The van der Waals surface area contributed by atoms with Gasteiger partial charge in [0.25, 0.3) is 5.69 Å². The molecule has 0 saturated carbocycles. The molecule has 0 saturated heterocycles. The van der Waals surface area contributed by atoms with E-state index in [2.05, 4.69) is 10.6 Å².